The van der Waals surface area contributed by atoms with E-state index in [0.29, 0.717) is 43.7 Å². The highest BCUT2D eigenvalue weighted by Crippen LogP contribution is 2.47. The molecule has 7 rings (SSSR count). The van der Waals surface area contributed by atoms with Gasteiger partial charge in [-0.25, -0.2) is 13.4 Å². The molecule has 2 aliphatic heterocycles. The van der Waals surface area contributed by atoms with Crippen LogP contribution in [0.15, 0.2) is 53.2 Å². The first-order valence-corrected chi connectivity index (χ1v) is 15.1. The Balaban J connectivity index is 1.07. The van der Waals surface area contributed by atoms with Gasteiger partial charge in [-0.3, -0.25) is 34.3 Å². The van der Waals surface area contributed by atoms with Crippen LogP contribution >= 0.6 is 0 Å². The number of benzene rings is 3. The van der Waals surface area contributed by atoms with Crippen molar-refractivity contribution in [2.24, 2.45) is 5.92 Å². The van der Waals surface area contributed by atoms with Crippen LogP contribution in [0.1, 0.15) is 64.3 Å². The largest absolute Gasteiger partial charge is 0.302 e. The van der Waals surface area contributed by atoms with Crippen molar-refractivity contribution >= 4 is 45.8 Å². The predicted molar refractivity (Wildman–Crippen MR) is 160 cm³/mol. The van der Waals surface area contributed by atoms with Crippen molar-refractivity contribution in [1.29, 1.82) is 0 Å². The summed E-state index contributed by atoms with van der Waals surface area (Å²) in [5, 5.41) is 19.2. The van der Waals surface area contributed by atoms with Crippen LogP contribution in [0.5, 0.6) is 0 Å². The zero-order valence-corrected chi connectivity index (χ0v) is 24.5. The SMILES string of the molecule is O=C1c2cccc(F)c2C(=O)N1CCN1CCC(CC(=O)N(c2ccc(F)cc2C2CC2)c2ccc([N+](=O)[O-])c3nonc23)CC1. The van der Waals surface area contributed by atoms with Gasteiger partial charge in [0.15, 0.2) is 5.52 Å². The topological polar surface area (TPSA) is 143 Å². The molecular weight excluding hydrogens is 602 g/mol. The van der Waals surface area contributed by atoms with E-state index >= 15 is 0 Å². The third kappa shape index (κ3) is 5.27. The second-order valence-electron chi connectivity index (χ2n) is 11.9. The first-order valence-electron chi connectivity index (χ1n) is 15.1. The molecule has 3 aromatic carbocycles. The van der Waals surface area contributed by atoms with Crippen molar-refractivity contribution < 1.29 is 32.7 Å². The maximum Gasteiger partial charge on any atom is 0.300 e. The number of imide groups is 1. The number of likely N-dealkylation sites (tertiary alicyclic amines) is 1. The summed E-state index contributed by atoms with van der Waals surface area (Å²) in [4.78, 5) is 55.2. The lowest BCUT2D eigenvalue weighted by molar-refractivity contribution is -0.383. The van der Waals surface area contributed by atoms with Crippen LogP contribution in [0.2, 0.25) is 0 Å². The number of amides is 3. The van der Waals surface area contributed by atoms with Crippen molar-refractivity contribution in [2.45, 2.75) is 38.0 Å². The number of rotatable bonds is 9. The zero-order chi connectivity index (χ0) is 32.1. The second-order valence-corrected chi connectivity index (χ2v) is 11.9. The van der Waals surface area contributed by atoms with Crippen LogP contribution in [-0.2, 0) is 4.79 Å². The number of nitro benzene ring substituents is 1. The quantitative estimate of drug-likeness (QED) is 0.136. The Morgan fingerprint density at radius 1 is 0.957 bits per heavy atom. The zero-order valence-electron chi connectivity index (χ0n) is 24.5. The third-order valence-electron chi connectivity index (χ3n) is 9.07. The molecule has 1 aromatic heterocycles. The van der Waals surface area contributed by atoms with E-state index in [4.69, 9.17) is 4.63 Å². The highest BCUT2D eigenvalue weighted by Gasteiger charge is 2.38. The van der Waals surface area contributed by atoms with E-state index in [-0.39, 0.29) is 64.2 Å². The molecule has 0 unspecified atom stereocenters. The molecule has 3 heterocycles. The molecule has 1 saturated heterocycles. The maximum atomic E-state index is 14.4. The highest BCUT2D eigenvalue weighted by molar-refractivity contribution is 6.21. The Morgan fingerprint density at radius 3 is 2.41 bits per heavy atom. The van der Waals surface area contributed by atoms with Gasteiger partial charge >= 0.3 is 5.69 Å². The number of piperidine rings is 1. The maximum absolute atomic E-state index is 14.4. The van der Waals surface area contributed by atoms with Crippen LogP contribution in [0.25, 0.3) is 11.0 Å². The Bertz CT molecular complexity index is 1900. The minimum Gasteiger partial charge on any atom is -0.302 e. The second kappa shape index (κ2) is 11.7. The molecule has 0 atom stereocenters. The van der Waals surface area contributed by atoms with Gasteiger partial charge in [-0.1, -0.05) is 6.07 Å². The number of anilines is 2. The number of fused-ring (bicyclic) bond motifs is 2. The molecule has 46 heavy (non-hydrogen) atoms. The number of carbonyl (C=O) groups is 3. The first-order chi connectivity index (χ1) is 22.2. The molecule has 4 aromatic rings. The van der Waals surface area contributed by atoms with E-state index in [1.54, 1.807) is 6.07 Å². The van der Waals surface area contributed by atoms with E-state index in [9.17, 15) is 33.3 Å². The van der Waals surface area contributed by atoms with Gasteiger partial charge in [0.25, 0.3) is 11.8 Å². The fraction of sp³-hybridized carbons (Fsp3) is 0.344. The highest BCUT2D eigenvalue weighted by atomic mass is 19.1. The van der Waals surface area contributed by atoms with Crippen LogP contribution in [0, 0.1) is 27.7 Å². The van der Waals surface area contributed by atoms with Crippen molar-refractivity contribution in [2.75, 3.05) is 31.1 Å². The van der Waals surface area contributed by atoms with Gasteiger partial charge < -0.3 is 4.90 Å². The summed E-state index contributed by atoms with van der Waals surface area (Å²) in [6.45, 7) is 1.78. The molecule has 3 amide bonds. The molecule has 12 nitrogen and oxygen atoms in total. The molecule has 2 fully saturated rings. The summed E-state index contributed by atoms with van der Waals surface area (Å²) in [7, 11) is 0. The lowest BCUT2D eigenvalue weighted by atomic mass is 9.92. The number of non-ortho nitro benzene ring substituents is 1. The molecule has 14 heteroatoms. The fourth-order valence-corrected chi connectivity index (χ4v) is 6.51. The van der Waals surface area contributed by atoms with E-state index < -0.39 is 28.4 Å². The van der Waals surface area contributed by atoms with E-state index in [2.05, 4.69) is 15.2 Å². The molecule has 1 aliphatic carbocycles. The van der Waals surface area contributed by atoms with Gasteiger partial charge in [-0.2, -0.15) is 0 Å². The van der Waals surface area contributed by atoms with E-state index in [1.807, 2.05) is 0 Å². The summed E-state index contributed by atoms with van der Waals surface area (Å²) >= 11 is 0. The molecule has 0 radical (unpaired) electrons. The molecule has 0 N–H and O–H groups in total. The molecule has 3 aliphatic rings. The Kier molecular flexibility index (Phi) is 7.51. The van der Waals surface area contributed by atoms with Crippen molar-refractivity contribution in [1.82, 2.24) is 20.1 Å². The average Bonchev–Trinajstić information content (AvgIpc) is 3.71. The van der Waals surface area contributed by atoms with Gasteiger partial charge in [-0.05, 0) is 103 Å². The molecule has 0 spiro atoms. The summed E-state index contributed by atoms with van der Waals surface area (Å²) in [6, 6.07) is 11.0. The fourth-order valence-electron chi connectivity index (χ4n) is 6.51. The standard InChI is InChI=1S/C32H28F2N6O6/c33-20-6-7-24(22(17-20)19-4-5-19)39(25-8-9-26(40(44)45)30-29(25)35-46-36-30)27(41)16-18-10-12-37(13-11-18)14-15-38-31(42)21-2-1-3-23(34)28(21)32(38)43/h1-3,6-9,17-19H,4-5,10-16H2. The molecule has 236 valence electrons. The Labute approximate surface area is 260 Å². The number of nitro groups is 1. The third-order valence-corrected chi connectivity index (χ3v) is 9.07. The number of halogens is 2. The normalized spacial score (nSPS) is 17.1. The van der Waals surface area contributed by atoms with Crippen molar-refractivity contribution in [3.63, 3.8) is 0 Å². The molecule has 1 saturated carbocycles. The van der Waals surface area contributed by atoms with Gasteiger partial charge in [0, 0.05) is 25.6 Å². The van der Waals surface area contributed by atoms with E-state index in [1.165, 1.54) is 41.3 Å². The summed E-state index contributed by atoms with van der Waals surface area (Å²) < 4.78 is 33.4. The predicted octanol–water partition coefficient (Wildman–Crippen LogP) is 5.35. The van der Waals surface area contributed by atoms with Crippen LogP contribution < -0.4 is 4.90 Å². The number of aromatic nitrogens is 2. The van der Waals surface area contributed by atoms with Crippen molar-refractivity contribution in [3.05, 3.63) is 87.0 Å². The average molecular weight is 631 g/mol. The van der Waals surface area contributed by atoms with Crippen LogP contribution in [0.3, 0.4) is 0 Å². The van der Waals surface area contributed by atoms with Crippen molar-refractivity contribution in [3.8, 4) is 0 Å². The first kappa shape index (κ1) is 29.6. The summed E-state index contributed by atoms with van der Waals surface area (Å²) in [6.07, 6.45) is 3.19. The Hall–Kier alpha value is -5.11. The lowest BCUT2D eigenvalue weighted by Gasteiger charge is -2.34. The van der Waals surface area contributed by atoms with Gasteiger partial charge in [0.2, 0.25) is 11.4 Å². The smallest absolute Gasteiger partial charge is 0.300 e. The van der Waals surface area contributed by atoms with Crippen LogP contribution in [-0.4, -0.2) is 68.9 Å². The van der Waals surface area contributed by atoms with E-state index in [0.717, 1.165) is 23.8 Å². The minimum absolute atomic E-state index is 0.00607. The number of hydrogen-bond donors (Lipinski definition) is 0. The van der Waals surface area contributed by atoms with Gasteiger partial charge in [-0.15, -0.1) is 0 Å². The lowest BCUT2D eigenvalue weighted by Crippen LogP contribution is -2.42. The minimum atomic E-state index is -0.711. The summed E-state index contributed by atoms with van der Waals surface area (Å²) in [5.74, 6) is -2.47. The van der Waals surface area contributed by atoms with Gasteiger partial charge in [0.05, 0.1) is 27.4 Å². The molecule has 0 bridgehead atoms. The van der Waals surface area contributed by atoms with Crippen LogP contribution in [0.4, 0.5) is 25.8 Å². The number of nitrogens with zero attached hydrogens (tertiary/aromatic N) is 6. The number of hydrogen-bond acceptors (Lipinski definition) is 9. The number of carbonyl (C=O) groups excluding carboxylic acids is 3. The molecular formula is C32H28F2N6O6. The monoisotopic (exact) mass is 630 g/mol. The summed E-state index contributed by atoms with van der Waals surface area (Å²) in [5.41, 5.74) is 0.960. The Morgan fingerprint density at radius 2 is 1.70 bits per heavy atom. The van der Waals surface area contributed by atoms with Gasteiger partial charge in [0.1, 0.15) is 11.6 Å².